The Morgan fingerprint density at radius 1 is 1.16 bits per heavy atom. The van der Waals surface area contributed by atoms with Gasteiger partial charge in [-0.15, -0.1) is 0 Å². The largest absolute Gasteiger partial charge is 0.497 e. The lowest BCUT2D eigenvalue weighted by molar-refractivity contribution is 0.413. The lowest BCUT2D eigenvalue weighted by Gasteiger charge is -2.25. The van der Waals surface area contributed by atoms with E-state index in [4.69, 9.17) is 10.5 Å². The zero-order valence-electron chi connectivity index (χ0n) is 11.2. The molecule has 0 aliphatic rings. The van der Waals surface area contributed by atoms with Crippen molar-refractivity contribution in [3.05, 3.63) is 65.5 Å². The van der Waals surface area contributed by atoms with E-state index in [-0.39, 0.29) is 5.82 Å². The molecule has 2 aromatic rings. The van der Waals surface area contributed by atoms with Crippen molar-refractivity contribution in [2.24, 2.45) is 5.73 Å². The normalized spacial score (nSPS) is 13.9. The summed E-state index contributed by atoms with van der Waals surface area (Å²) in [5.74, 6) is 0.563. The van der Waals surface area contributed by atoms with Crippen molar-refractivity contribution in [2.45, 2.75) is 18.9 Å². The Morgan fingerprint density at radius 3 is 2.47 bits per heavy atom. The number of ether oxygens (including phenoxy) is 1. The van der Waals surface area contributed by atoms with Gasteiger partial charge in [0.2, 0.25) is 0 Å². The van der Waals surface area contributed by atoms with Crippen molar-refractivity contribution in [1.82, 2.24) is 0 Å². The van der Waals surface area contributed by atoms with Crippen LogP contribution in [-0.4, -0.2) is 7.11 Å². The van der Waals surface area contributed by atoms with Gasteiger partial charge in [-0.2, -0.15) is 0 Å². The molecule has 0 heterocycles. The van der Waals surface area contributed by atoms with Crippen molar-refractivity contribution in [3.63, 3.8) is 0 Å². The van der Waals surface area contributed by atoms with Gasteiger partial charge in [0.1, 0.15) is 11.6 Å². The van der Waals surface area contributed by atoms with Crippen molar-refractivity contribution in [3.8, 4) is 5.75 Å². The second-order valence-electron chi connectivity index (χ2n) is 4.95. The van der Waals surface area contributed by atoms with Crippen LogP contribution in [0.1, 0.15) is 18.1 Å². The molecule has 2 rings (SSSR count). The summed E-state index contributed by atoms with van der Waals surface area (Å²) in [4.78, 5) is 0. The molecule has 0 radical (unpaired) electrons. The fourth-order valence-electron chi connectivity index (χ4n) is 2.14. The van der Waals surface area contributed by atoms with Crippen LogP contribution in [0.4, 0.5) is 4.39 Å². The molecular formula is C16H18FNO. The van der Waals surface area contributed by atoms with Crippen molar-refractivity contribution in [2.75, 3.05) is 7.11 Å². The Labute approximate surface area is 113 Å². The molecule has 0 saturated carbocycles. The van der Waals surface area contributed by atoms with Crippen LogP contribution >= 0.6 is 0 Å². The Kier molecular flexibility index (Phi) is 3.86. The Balaban J connectivity index is 2.22. The van der Waals surface area contributed by atoms with E-state index in [1.807, 2.05) is 31.2 Å². The minimum atomic E-state index is -0.542. The summed E-state index contributed by atoms with van der Waals surface area (Å²) in [6, 6.07) is 14.2. The molecule has 3 heteroatoms. The summed E-state index contributed by atoms with van der Waals surface area (Å²) in [6.45, 7) is 1.94. The van der Waals surface area contributed by atoms with E-state index >= 15 is 0 Å². The molecule has 0 saturated heterocycles. The summed E-state index contributed by atoms with van der Waals surface area (Å²) in [7, 11) is 1.64. The average Bonchev–Trinajstić information content (AvgIpc) is 2.39. The molecule has 0 aromatic heterocycles. The maximum absolute atomic E-state index is 12.9. The van der Waals surface area contributed by atoms with E-state index in [1.54, 1.807) is 19.2 Å². The highest BCUT2D eigenvalue weighted by molar-refractivity contribution is 5.32. The summed E-state index contributed by atoms with van der Waals surface area (Å²) < 4.78 is 18.1. The van der Waals surface area contributed by atoms with E-state index < -0.39 is 5.54 Å². The molecule has 1 unspecified atom stereocenters. The van der Waals surface area contributed by atoms with Crippen LogP contribution in [0.2, 0.25) is 0 Å². The standard InChI is InChI=1S/C16H18FNO/c1-16(18,13-6-8-14(17)9-7-13)11-12-4-3-5-15(10-12)19-2/h3-10H,11,18H2,1-2H3. The quantitative estimate of drug-likeness (QED) is 0.914. The van der Waals surface area contributed by atoms with Crippen LogP contribution in [0, 0.1) is 5.82 Å². The first-order valence-electron chi connectivity index (χ1n) is 6.19. The molecule has 0 bridgehead atoms. The smallest absolute Gasteiger partial charge is 0.123 e. The van der Waals surface area contributed by atoms with Gasteiger partial charge >= 0.3 is 0 Å². The molecule has 1 atom stereocenters. The monoisotopic (exact) mass is 259 g/mol. The highest BCUT2D eigenvalue weighted by Gasteiger charge is 2.21. The van der Waals surface area contributed by atoms with Crippen LogP contribution in [0.25, 0.3) is 0 Å². The van der Waals surface area contributed by atoms with Crippen LogP contribution in [0.5, 0.6) is 5.75 Å². The molecule has 100 valence electrons. The summed E-state index contributed by atoms with van der Waals surface area (Å²) >= 11 is 0. The number of benzene rings is 2. The zero-order chi connectivity index (χ0) is 13.9. The van der Waals surface area contributed by atoms with Crippen LogP contribution < -0.4 is 10.5 Å². The molecule has 2 N–H and O–H groups in total. The molecule has 0 amide bonds. The van der Waals surface area contributed by atoms with Gasteiger partial charge < -0.3 is 10.5 Å². The Bertz CT molecular complexity index is 549. The maximum atomic E-state index is 12.9. The number of hydrogen-bond acceptors (Lipinski definition) is 2. The number of nitrogens with two attached hydrogens (primary N) is 1. The zero-order valence-corrected chi connectivity index (χ0v) is 11.2. The predicted octanol–water partition coefficient (Wildman–Crippen LogP) is 3.25. The first-order chi connectivity index (χ1) is 9.01. The number of rotatable bonds is 4. The van der Waals surface area contributed by atoms with Gasteiger partial charge in [0.05, 0.1) is 7.11 Å². The third kappa shape index (κ3) is 3.32. The van der Waals surface area contributed by atoms with E-state index in [0.717, 1.165) is 16.9 Å². The van der Waals surface area contributed by atoms with Gasteiger partial charge in [-0.3, -0.25) is 0 Å². The van der Waals surface area contributed by atoms with Crippen LogP contribution in [-0.2, 0) is 12.0 Å². The number of hydrogen-bond donors (Lipinski definition) is 1. The molecule has 0 fully saturated rings. The predicted molar refractivity (Wildman–Crippen MR) is 74.6 cm³/mol. The molecule has 0 spiro atoms. The first-order valence-corrected chi connectivity index (χ1v) is 6.19. The lowest BCUT2D eigenvalue weighted by atomic mass is 9.86. The minimum absolute atomic E-state index is 0.249. The van der Waals surface area contributed by atoms with Crippen molar-refractivity contribution < 1.29 is 9.13 Å². The fraction of sp³-hybridized carbons (Fsp3) is 0.250. The summed E-state index contributed by atoms with van der Waals surface area (Å²) in [5, 5.41) is 0. The van der Waals surface area contributed by atoms with E-state index in [0.29, 0.717) is 6.42 Å². The van der Waals surface area contributed by atoms with E-state index in [1.165, 1.54) is 12.1 Å². The molecular weight excluding hydrogens is 241 g/mol. The number of halogens is 1. The Hall–Kier alpha value is -1.87. The third-order valence-corrected chi connectivity index (χ3v) is 3.21. The second kappa shape index (κ2) is 5.41. The van der Waals surface area contributed by atoms with Gasteiger partial charge in [0.25, 0.3) is 0 Å². The minimum Gasteiger partial charge on any atom is -0.497 e. The van der Waals surface area contributed by atoms with Gasteiger partial charge in [0.15, 0.2) is 0 Å². The highest BCUT2D eigenvalue weighted by atomic mass is 19.1. The molecule has 19 heavy (non-hydrogen) atoms. The van der Waals surface area contributed by atoms with Gasteiger partial charge in [-0.05, 0) is 48.7 Å². The van der Waals surface area contributed by atoms with Gasteiger partial charge in [-0.1, -0.05) is 24.3 Å². The summed E-state index contributed by atoms with van der Waals surface area (Å²) in [5.41, 5.74) is 7.81. The van der Waals surface area contributed by atoms with Crippen LogP contribution in [0.3, 0.4) is 0 Å². The SMILES string of the molecule is COc1cccc(CC(C)(N)c2ccc(F)cc2)c1. The van der Waals surface area contributed by atoms with Crippen molar-refractivity contribution >= 4 is 0 Å². The first kappa shape index (κ1) is 13.6. The fourth-order valence-corrected chi connectivity index (χ4v) is 2.14. The maximum Gasteiger partial charge on any atom is 0.123 e. The van der Waals surface area contributed by atoms with E-state index in [9.17, 15) is 4.39 Å². The average molecular weight is 259 g/mol. The third-order valence-electron chi connectivity index (χ3n) is 3.21. The second-order valence-corrected chi connectivity index (χ2v) is 4.95. The Morgan fingerprint density at radius 2 is 1.84 bits per heavy atom. The lowest BCUT2D eigenvalue weighted by Crippen LogP contribution is -2.35. The molecule has 2 nitrogen and oxygen atoms in total. The van der Waals surface area contributed by atoms with Gasteiger partial charge in [0, 0.05) is 5.54 Å². The van der Waals surface area contributed by atoms with Crippen LogP contribution in [0.15, 0.2) is 48.5 Å². The molecule has 2 aromatic carbocycles. The molecule has 0 aliphatic carbocycles. The topological polar surface area (TPSA) is 35.2 Å². The number of methoxy groups -OCH3 is 1. The van der Waals surface area contributed by atoms with E-state index in [2.05, 4.69) is 0 Å². The highest BCUT2D eigenvalue weighted by Crippen LogP contribution is 2.24. The van der Waals surface area contributed by atoms with Crippen molar-refractivity contribution in [1.29, 1.82) is 0 Å². The summed E-state index contributed by atoms with van der Waals surface area (Å²) in [6.07, 6.45) is 0.663. The van der Waals surface area contributed by atoms with Gasteiger partial charge in [-0.25, -0.2) is 4.39 Å². The molecule has 0 aliphatic heterocycles.